The highest BCUT2D eigenvalue weighted by Gasteiger charge is 2.18. The fourth-order valence-electron chi connectivity index (χ4n) is 1.94. The van der Waals surface area contributed by atoms with Gasteiger partial charge in [0.1, 0.15) is 17.3 Å². The number of phenols is 1. The van der Waals surface area contributed by atoms with Crippen LogP contribution in [0.5, 0.6) is 11.5 Å². The molecule has 0 aromatic heterocycles. The molecule has 6 nitrogen and oxygen atoms in total. The van der Waals surface area contributed by atoms with Crippen molar-refractivity contribution in [3.05, 3.63) is 53.8 Å². The first-order chi connectivity index (χ1) is 11.4. The highest BCUT2D eigenvalue weighted by atomic mass is 19.1. The third-order valence-corrected chi connectivity index (χ3v) is 3.30. The van der Waals surface area contributed by atoms with Gasteiger partial charge in [-0.3, -0.25) is 4.79 Å². The molecule has 0 aliphatic carbocycles. The number of benzene rings is 2. The van der Waals surface area contributed by atoms with Gasteiger partial charge in [-0.15, -0.1) is 0 Å². The molecule has 2 aromatic rings. The first-order valence-corrected chi connectivity index (χ1v) is 6.98. The normalized spacial score (nSPS) is 10.1. The summed E-state index contributed by atoms with van der Waals surface area (Å²) in [5, 5.41) is 9.71. The van der Waals surface area contributed by atoms with Gasteiger partial charge in [0.05, 0.1) is 12.7 Å². The maximum Gasteiger partial charge on any atom is 0.343 e. The Labute approximate surface area is 138 Å². The average Bonchev–Trinajstić information content (AvgIpc) is 2.60. The van der Waals surface area contributed by atoms with Gasteiger partial charge >= 0.3 is 5.97 Å². The van der Waals surface area contributed by atoms with Crippen molar-refractivity contribution in [2.75, 3.05) is 25.7 Å². The van der Waals surface area contributed by atoms with Crippen LogP contribution in [0.25, 0.3) is 0 Å². The van der Waals surface area contributed by atoms with Crippen LogP contribution in [0, 0.1) is 5.82 Å². The van der Waals surface area contributed by atoms with Crippen LogP contribution in [0.4, 0.5) is 10.1 Å². The molecule has 0 bridgehead atoms. The molecule has 7 heteroatoms. The molecule has 0 unspecified atom stereocenters. The van der Waals surface area contributed by atoms with Crippen molar-refractivity contribution in [2.45, 2.75) is 0 Å². The molecule has 0 radical (unpaired) electrons. The van der Waals surface area contributed by atoms with E-state index in [9.17, 15) is 19.1 Å². The highest BCUT2D eigenvalue weighted by Crippen LogP contribution is 2.24. The summed E-state index contributed by atoms with van der Waals surface area (Å²) in [6.45, 7) is -0.220. The third-order valence-electron chi connectivity index (χ3n) is 3.30. The number of phenolic OH excluding ortho intramolecular Hbond substituents is 1. The van der Waals surface area contributed by atoms with Crippen LogP contribution in [0.3, 0.4) is 0 Å². The fraction of sp³-hybridized carbons (Fsp3) is 0.176. The van der Waals surface area contributed by atoms with Crippen LogP contribution >= 0.6 is 0 Å². The molecule has 1 N–H and O–H groups in total. The number of carbonyl (C=O) groups excluding carboxylic acids is 2. The minimum Gasteiger partial charge on any atom is -0.507 e. The number of rotatable bonds is 5. The fourth-order valence-corrected chi connectivity index (χ4v) is 1.94. The standard InChI is InChI=1S/C17H16FNO5/c1-19(17(22)14-9-11(18)3-8-15(14)20)12-4-6-13(7-5-12)24-10-16(21)23-2/h3-9,20H,10H2,1-2H3. The Morgan fingerprint density at radius 2 is 1.83 bits per heavy atom. The van der Waals surface area contributed by atoms with Crippen LogP contribution in [0.2, 0.25) is 0 Å². The monoisotopic (exact) mass is 333 g/mol. The van der Waals surface area contributed by atoms with Crippen molar-refractivity contribution in [3.63, 3.8) is 0 Å². The number of aromatic hydroxyl groups is 1. The summed E-state index contributed by atoms with van der Waals surface area (Å²) >= 11 is 0. The van der Waals surface area contributed by atoms with E-state index in [1.165, 1.54) is 19.1 Å². The van der Waals surface area contributed by atoms with Crippen molar-refractivity contribution in [2.24, 2.45) is 0 Å². The summed E-state index contributed by atoms with van der Waals surface area (Å²) in [4.78, 5) is 24.6. The smallest absolute Gasteiger partial charge is 0.343 e. The molecule has 0 saturated carbocycles. The first kappa shape index (κ1) is 17.3. The molecule has 0 aliphatic heterocycles. The van der Waals surface area contributed by atoms with Gasteiger partial charge in [-0.1, -0.05) is 0 Å². The van der Waals surface area contributed by atoms with E-state index in [-0.39, 0.29) is 17.9 Å². The largest absolute Gasteiger partial charge is 0.507 e. The van der Waals surface area contributed by atoms with E-state index in [4.69, 9.17) is 4.74 Å². The average molecular weight is 333 g/mol. The Hall–Kier alpha value is -3.09. The van der Waals surface area contributed by atoms with E-state index in [2.05, 4.69) is 4.74 Å². The summed E-state index contributed by atoms with van der Waals surface area (Å²) in [5.74, 6) is -1.55. The van der Waals surface area contributed by atoms with E-state index in [0.717, 1.165) is 18.2 Å². The Bertz CT molecular complexity index is 745. The zero-order valence-electron chi connectivity index (χ0n) is 13.2. The lowest BCUT2D eigenvalue weighted by atomic mass is 10.1. The number of methoxy groups -OCH3 is 1. The number of carbonyl (C=O) groups is 2. The van der Waals surface area contributed by atoms with Gasteiger partial charge in [-0.2, -0.15) is 0 Å². The number of halogens is 1. The molecule has 0 heterocycles. The molecule has 0 atom stereocenters. The number of anilines is 1. The summed E-state index contributed by atoms with van der Waals surface area (Å²) in [6.07, 6.45) is 0. The number of hydrogen-bond acceptors (Lipinski definition) is 5. The van der Waals surface area contributed by atoms with Crippen LogP contribution in [0.15, 0.2) is 42.5 Å². The number of esters is 1. The molecule has 0 saturated heterocycles. The van der Waals surface area contributed by atoms with Gasteiger partial charge in [0.25, 0.3) is 5.91 Å². The number of ether oxygens (including phenoxy) is 2. The maximum absolute atomic E-state index is 13.3. The van der Waals surface area contributed by atoms with E-state index in [1.54, 1.807) is 24.3 Å². The SMILES string of the molecule is COC(=O)COc1ccc(N(C)C(=O)c2cc(F)ccc2O)cc1. The molecule has 1 amide bonds. The van der Waals surface area contributed by atoms with Gasteiger partial charge in [-0.05, 0) is 42.5 Å². The molecule has 24 heavy (non-hydrogen) atoms. The van der Waals surface area contributed by atoms with Crippen molar-refractivity contribution in [1.29, 1.82) is 0 Å². The molecule has 2 aromatic carbocycles. The van der Waals surface area contributed by atoms with Crippen molar-refractivity contribution in [1.82, 2.24) is 0 Å². The lowest BCUT2D eigenvalue weighted by molar-refractivity contribution is -0.142. The number of hydrogen-bond donors (Lipinski definition) is 1. The molecule has 126 valence electrons. The van der Waals surface area contributed by atoms with Crippen LogP contribution in [-0.4, -0.2) is 37.7 Å². The van der Waals surface area contributed by atoms with Crippen molar-refractivity contribution < 1.29 is 28.6 Å². The Morgan fingerprint density at radius 1 is 1.17 bits per heavy atom. The second-order valence-electron chi connectivity index (χ2n) is 4.88. The number of amides is 1. The van der Waals surface area contributed by atoms with Crippen LogP contribution < -0.4 is 9.64 Å². The zero-order valence-corrected chi connectivity index (χ0v) is 13.2. The van der Waals surface area contributed by atoms with Crippen LogP contribution in [0.1, 0.15) is 10.4 Å². The number of nitrogens with zero attached hydrogens (tertiary/aromatic N) is 1. The summed E-state index contributed by atoms with van der Waals surface area (Å²) < 4.78 is 22.9. The maximum atomic E-state index is 13.3. The van der Waals surface area contributed by atoms with Crippen LogP contribution in [-0.2, 0) is 9.53 Å². The van der Waals surface area contributed by atoms with Crippen molar-refractivity contribution >= 4 is 17.6 Å². The highest BCUT2D eigenvalue weighted by molar-refractivity contribution is 6.07. The van der Waals surface area contributed by atoms with Gasteiger partial charge < -0.3 is 19.5 Å². The van der Waals surface area contributed by atoms with Gasteiger partial charge in [0.15, 0.2) is 6.61 Å². The third kappa shape index (κ3) is 4.01. The Balaban J connectivity index is 2.11. The van der Waals surface area contributed by atoms with E-state index in [0.29, 0.717) is 11.4 Å². The van der Waals surface area contributed by atoms with E-state index in [1.807, 2.05) is 0 Å². The lowest BCUT2D eigenvalue weighted by Gasteiger charge is -2.18. The lowest BCUT2D eigenvalue weighted by Crippen LogP contribution is -2.26. The van der Waals surface area contributed by atoms with Crippen molar-refractivity contribution in [3.8, 4) is 11.5 Å². The van der Waals surface area contributed by atoms with Gasteiger partial charge in [-0.25, -0.2) is 9.18 Å². The topological polar surface area (TPSA) is 76.1 Å². The quantitative estimate of drug-likeness (QED) is 0.850. The molecule has 0 fully saturated rings. The van der Waals surface area contributed by atoms with Gasteiger partial charge in [0.2, 0.25) is 0 Å². The summed E-state index contributed by atoms with van der Waals surface area (Å²) in [6, 6.07) is 9.52. The first-order valence-electron chi connectivity index (χ1n) is 6.98. The van der Waals surface area contributed by atoms with Gasteiger partial charge in [0, 0.05) is 12.7 Å². The molecule has 2 rings (SSSR count). The second kappa shape index (κ2) is 7.45. The summed E-state index contributed by atoms with van der Waals surface area (Å²) in [5.41, 5.74) is 0.373. The molecule has 0 spiro atoms. The Kier molecular flexibility index (Phi) is 5.36. The molecular formula is C17H16FNO5. The van der Waals surface area contributed by atoms with E-state index < -0.39 is 17.7 Å². The summed E-state index contributed by atoms with van der Waals surface area (Å²) in [7, 11) is 2.76. The zero-order chi connectivity index (χ0) is 17.7. The Morgan fingerprint density at radius 3 is 2.46 bits per heavy atom. The van der Waals surface area contributed by atoms with E-state index >= 15 is 0 Å². The predicted molar refractivity (Wildman–Crippen MR) is 84.8 cm³/mol. The molecular weight excluding hydrogens is 317 g/mol. The second-order valence-corrected chi connectivity index (χ2v) is 4.88. The minimum absolute atomic E-state index is 0.136. The minimum atomic E-state index is -0.615. The molecule has 0 aliphatic rings. The predicted octanol–water partition coefficient (Wildman–Crippen LogP) is 2.36.